The first-order valence-corrected chi connectivity index (χ1v) is 7.60. The zero-order valence-corrected chi connectivity index (χ0v) is 14.4. The summed E-state index contributed by atoms with van der Waals surface area (Å²) < 4.78 is 0. The van der Waals surface area contributed by atoms with Crippen molar-refractivity contribution in [2.24, 2.45) is 4.99 Å². The van der Waals surface area contributed by atoms with Crippen molar-refractivity contribution in [3.63, 3.8) is 0 Å². The Morgan fingerprint density at radius 2 is 1.60 bits per heavy atom. The molecule has 0 radical (unpaired) electrons. The molecule has 1 atom stereocenters. The molecule has 0 spiro atoms. The van der Waals surface area contributed by atoms with Crippen LogP contribution in [0.4, 0.5) is 5.69 Å². The molecule has 1 heterocycles. The predicted octanol–water partition coefficient (Wildman–Crippen LogP) is 4.58. The average molecular weight is 396 g/mol. The van der Waals surface area contributed by atoms with E-state index >= 15 is 0 Å². The van der Waals surface area contributed by atoms with Crippen molar-refractivity contribution in [2.75, 3.05) is 17.7 Å². The van der Waals surface area contributed by atoms with Gasteiger partial charge in [-0.25, -0.2) is 0 Å². The molecule has 0 N–H and O–H groups in total. The van der Waals surface area contributed by atoms with Gasteiger partial charge in [-0.15, -0.1) is 24.0 Å². The van der Waals surface area contributed by atoms with Gasteiger partial charge in [-0.1, -0.05) is 60.3 Å². The number of para-hydroxylation sites is 1. The number of aliphatic imine (C=N–C) groups is 1. The van der Waals surface area contributed by atoms with Crippen LogP contribution in [0.3, 0.4) is 0 Å². The summed E-state index contributed by atoms with van der Waals surface area (Å²) >= 11 is 1.71. The molecule has 20 heavy (non-hydrogen) atoms. The summed E-state index contributed by atoms with van der Waals surface area (Å²) in [6, 6.07) is 21.2. The summed E-state index contributed by atoms with van der Waals surface area (Å²) in [7, 11) is 0. The van der Waals surface area contributed by atoms with Gasteiger partial charge in [0.1, 0.15) is 0 Å². The van der Waals surface area contributed by atoms with E-state index in [0.29, 0.717) is 0 Å². The molecule has 0 bridgehead atoms. The Morgan fingerprint density at radius 1 is 1.00 bits per heavy atom. The molecule has 3 rings (SSSR count). The highest BCUT2D eigenvalue weighted by Crippen LogP contribution is 2.31. The number of nitrogens with zero attached hydrogens (tertiary/aromatic N) is 2. The predicted molar refractivity (Wildman–Crippen MR) is 99.3 cm³/mol. The van der Waals surface area contributed by atoms with E-state index in [0.717, 1.165) is 11.7 Å². The zero-order valence-electron chi connectivity index (χ0n) is 11.3. The standard InChI is InChI=1S/C16H16N2S.HI/c1-19-16-17-15(13-8-4-2-5-9-13)12-18(16)14-10-6-3-7-11-14;/h2-11,15H,12H2,1H3;1H/t15-;/m0./s1. The van der Waals surface area contributed by atoms with Crippen molar-refractivity contribution in [1.29, 1.82) is 0 Å². The minimum absolute atomic E-state index is 0. The maximum atomic E-state index is 4.84. The van der Waals surface area contributed by atoms with Gasteiger partial charge in [-0.05, 0) is 24.0 Å². The topological polar surface area (TPSA) is 15.6 Å². The maximum absolute atomic E-state index is 4.84. The van der Waals surface area contributed by atoms with Crippen LogP contribution in [-0.4, -0.2) is 18.0 Å². The van der Waals surface area contributed by atoms with E-state index in [1.54, 1.807) is 11.8 Å². The molecular weight excluding hydrogens is 379 g/mol. The molecule has 0 amide bonds. The number of amidine groups is 1. The van der Waals surface area contributed by atoms with Crippen molar-refractivity contribution in [3.8, 4) is 0 Å². The average Bonchev–Trinajstić information content (AvgIpc) is 2.93. The van der Waals surface area contributed by atoms with Gasteiger partial charge < -0.3 is 4.90 Å². The normalized spacial score (nSPS) is 17.6. The Hall–Kier alpha value is -1.01. The zero-order chi connectivity index (χ0) is 13.1. The summed E-state index contributed by atoms with van der Waals surface area (Å²) in [5, 5.41) is 1.10. The van der Waals surface area contributed by atoms with Crippen molar-refractivity contribution < 1.29 is 0 Å². The fourth-order valence-electron chi connectivity index (χ4n) is 2.34. The van der Waals surface area contributed by atoms with Crippen LogP contribution in [0.5, 0.6) is 0 Å². The fraction of sp³-hybridized carbons (Fsp3) is 0.188. The molecule has 104 valence electrons. The Balaban J connectivity index is 0.00000147. The minimum Gasteiger partial charge on any atom is -0.319 e. The third kappa shape index (κ3) is 3.17. The Kier molecular flexibility index (Phi) is 5.48. The second-order valence-electron chi connectivity index (χ2n) is 4.49. The summed E-state index contributed by atoms with van der Waals surface area (Å²) in [5.41, 5.74) is 2.50. The quantitative estimate of drug-likeness (QED) is 0.691. The number of benzene rings is 2. The number of hydrogen-bond acceptors (Lipinski definition) is 3. The third-order valence-electron chi connectivity index (χ3n) is 3.29. The van der Waals surface area contributed by atoms with Crippen LogP contribution in [0.2, 0.25) is 0 Å². The largest absolute Gasteiger partial charge is 0.319 e. The van der Waals surface area contributed by atoms with E-state index in [1.807, 2.05) is 12.1 Å². The fourth-order valence-corrected chi connectivity index (χ4v) is 2.97. The number of rotatable bonds is 2. The smallest absolute Gasteiger partial charge is 0.164 e. The lowest BCUT2D eigenvalue weighted by Gasteiger charge is -2.19. The van der Waals surface area contributed by atoms with Crippen LogP contribution in [-0.2, 0) is 0 Å². The number of halogens is 1. The third-order valence-corrected chi connectivity index (χ3v) is 3.98. The molecule has 0 fully saturated rings. The second-order valence-corrected chi connectivity index (χ2v) is 5.26. The highest BCUT2D eigenvalue weighted by atomic mass is 127. The molecule has 4 heteroatoms. The highest BCUT2D eigenvalue weighted by Gasteiger charge is 2.26. The number of anilines is 1. The van der Waals surface area contributed by atoms with Crippen LogP contribution < -0.4 is 4.90 Å². The molecular formula is C16H17IN2S. The van der Waals surface area contributed by atoms with E-state index in [2.05, 4.69) is 59.7 Å². The lowest BCUT2D eigenvalue weighted by Crippen LogP contribution is -2.25. The molecule has 0 unspecified atom stereocenters. The summed E-state index contributed by atoms with van der Waals surface area (Å²) in [6.07, 6.45) is 2.09. The second kappa shape index (κ2) is 7.13. The van der Waals surface area contributed by atoms with Gasteiger partial charge in [0.2, 0.25) is 0 Å². The van der Waals surface area contributed by atoms with E-state index in [1.165, 1.54) is 11.3 Å². The molecule has 0 saturated heterocycles. The van der Waals surface area contributed by atoms with Gasteiger partial charge in [0.25, 0.3) is 0 Å². The van der Waals surface area contributed by atoms with E-state index in [4.69, 9.17) is 4.99 Å². The van der Waals surface area contributed by atoms with Crippen molar-refractivity contribution >= 4 is 46.6 Å². The monoisotopic (exact) mass is 396 g/mol. The molecule has 2 aromatic carbocycles. The molecule has 0 aliphatic carbocycles. The summed E-state index contributed by atoms with van der Waals surface area (Å²) in [6.45, 7) is 0.921. The molecule has 0 saturated carbocycles. The molecule has 2 nitrogen and oxygen atoms in total. The lowest BCUT2D eigenvalue weighted by molar-refractivity contribution is 0.780. The maximum Gasteiger partial charge on any atom is 0.164 e. The van der Waals surface area contributed by atoms with Crippen LogP contribution in [0, 0.1) is 0 Å². The van der Waals surface area contributed by atoms with Crippen molar-refractivity contribution in [2.45, 2.75) is 6.04 Å². The first-order chi connectivity index (χ1) is 9.38. The minimum atomic E-state index is 0. The van der Waals surface area contributed by atoms with Crippen molar-refractivity contribution in [1.82, 2.24) is 0 Å². The highest BCUT2D eigenvalue weighted by molar-refractivity contribution is 14.0. The van der Waals surface area contributed by atoms with E-state index < -0.39 is 0 Å². The molecule has 1 aliphatic heterocycles. The first kappa shape index (κ1) is 15.4. The molecule has 2 aromatic rings. The summed E-state index contributed by atoms with van der Waals surface area (Å²) in [5.74, 6) is 0. The van der Waals surface area contributed by atoms with Crippen LogP contribution in [0.1, 0.15) is 11.6 Å². The van der Waals surface area contributed by atoms with Gasteiger partial charge in [0.15, 0.2) is 5.17 Å². The lowest BCUT2D eigenvalue weighted by atomic mass is 10.1. The van der Waals surface area contributed by atoms with Gasteiger partial charge >= 0.3 is 0 Å². The first-order valence-electron chi connectivity index (χ1n) is 6.38. The number of hydrogen-bond donors (Lipinski definition) is 0. The Morgan fingerprint density at radius 3 is 2.20 bits per heavy atom. The van der Waals surface area contributed by atoms with E-state index in [-0.39, 0.29) is 30.0 Å². The van der Waals surface area contributed by atoms with Crippen LogP contribution in [0.25, 0.3) is 0 Å². The number of thioether (sulfide) groups is 1. The van der Waals surface area contributed by atoms with Gasteiger partial charge in [-0.2, -0.15) is 0 Å². The summed E-state index contributed by atoms with van der Waals surface area (Å²) in [4.78, 5) is 7.13. The molecule has 0 aromatic heterocycles. The Labute approximate surface area is 141 Å². The van der Waals surface area contributed by atoms with Crippen LogP contribution in [0.15, 0.2) is 65.7 Å². The van der Waals surface area contributed by atoms with Gasteiger partial charge in [0, 0.05) is 5.69 Å². The Bertz CT molecular complexity index is 572. The SMILES string of the molecule is CSC1=N[C@H](c2ccccc2)CN1c1ccccc1.I. The van der Waals surface area contributed by atoms with Gasteiger partial charge in [0.05, 0.1) is 12.6 Å². The van der Waals surface area contributed by atoms with Crippen molar-refractivity contribution in [3.05, 3.63) is 66.2 Å². The van der Waals surface area contributed by atoms with Gasteiger partial charge in [-0.3, -0.25) is 4.99 Å². The van der Waals surface area contributed by atoms with E-state index in [9.17, 15) is 0 Å². The van der Waals surface area contributed by atoms with Crippen LogP contribution >= 0.6 is 35.7 Å². The molecule has 1 aliphatic rings.